The van der Waals surface area contributed by atoms with E-state index in [0.29, 0.717) is 17.6 Å². The molecule has 2 aromatic rings. The molecule has 0 atom stereocenters. The third kappa shape index (κ3) is 2.77. The molecule has 0 saturated heterocycles. The van der Waals surface area contributed by atoms with Crippen LogP contribution in [0.15, 0.2) is 24.5 Å². The molecule has 5 heteroatoms. The zero-order valence-corrected chi connectivity index (χ0v) is 12.1. The van der Waals surface area contributed by atoms with E-state index in [1.807, 2.05) is 10.8 Å². The van der Waals surface area contributed by atoms with Gasteiger partial charge in [0.05, 0.1) is 0 Å². The van der Waals surface area contributed by atoms with E-state index in [-0.39, 0.29) is 5.69 Å². The SMILES string of the molecule is Cc1ccc(F)c(Nc2nccn2C2CCCCC2)c1F. The van der Waals surface area contributed by atoms with Crippen LogP contribution in [0.2, 0.25) is 0 Å². The van der Waals surface area contributed by atoms with Crippen molar-refractivity contribution in [2.24, 2.45) is 0 Å². The number of aryl methyl sites for hydroxylation is 1. The molecule has 0 spiro atoms. The number of hydrogen-bond acceptors (Lipinski definition) is 2. The van der Waals surface area contributed by atoms with Gasteiger partial charge in [0.1, 0.15) is 11.5 Å². The van der Waals surface area contributed by atoms with Gasteiger partial charge < -0.3 is 9.88 Å². The van der Waals surface area contributed by atoms with Crippen LogP contribution < -0.4 is 5.32 Å². The molecule has 1 aromatic carbocycles. The zero-order chi connectivity index (χ0) is 14.8. The fraction of sp³-hybridized carbons (Fsp3) is 0.438. The number of hydrogen-bond donors (Lipinski definition) is 1. The Labute approximate surface area is 123 Å². The van der Waals surface area contributed by atoms with Gasteiger partial charge in [0.25, 0.3) is 0 Å². The number of nitrogens with zero attached hydrogens (tertiary/aromatic N) is 2. The quantitative estimate of drug-likeness (QED) is 0.887. The third-order valence-electron chi connectivity index (χ3n) is 4.16. The molecule has 0 amide bonds. The minimum absolute atomic E-state index is 0.127. The number of nitrogens with one attached hydrogen (secondary N) is 1. The monoisotopic (exact) mass is 291 g/mol. The molecule has 1 aromatic heterocycles. The summed E-state index contributed by atoms with van der Waals surface area (Å²) in [5.74, 6) is -0.658. The lowest BCUT2D eigenvalue weighted by atomic mass is 9.95. The lowest BCUT2D eigenvalue weighted by molar-refractivity contribution is 0.356. The molecule has 3 rings (SSSR count). The van der Waals surface area contributed by atoms with Crippen molar-refractivity contribution in [3.05, 3.63) is 41.7 Å². The second kappa shape index (κ2) is 5.84. The van der Waals surface area contributed by atoms with Gasteiger partial charge in [0.2, 0.25) is 5.95 Å². The maximum atomic E-state index is 14.1. The first-order valence-corrected chi connectivity index (χ1v) is 7.41. The molecular weight excluding hydrogens is 272 g/mol. The first-order valence-electron chi connectivity index (χ1n) is 7.41. The van der Waals surface area contributed by atoms with E-state index >= 15 is 0 Å². The normalized spacial score (nSPS) is 16.1. The summed E-state index contributed by atoms with van der Waals surface area (Å²) in [7, 11) is 0. The van der Waals surface area contributed by atoms with Crippen LogP contribution in [-0.2, 0) is 0 Å². The Balaban J connectivity index is 1.89. The van der Waals surface area contributed by atoms with E-state index in [4.69, 9.17) is 0 Å². The number of benzene rings is 1. The fourth-order valence-electron chi connectivity index (χ4n) is 2.95. The van der Waals surface area contributed by atoms with Crippen LogP contribution in [0, 0.1) is 18.6 Å². The Morgan fingerprint density at radius 1 is 1.19 bits per heavy atom. The first-order chi connectivity index (χ1) is 10.2. The minimum atomic E-state index is -0.601. The van der Waals surface area contributed by atoms with Crippen molar-refractivity contribution in [2.75, 3.05) is 5.32 Å². The summed E-state index contributed by atoms with van der Waals surface area (Å²) in [4.78, 5) is 4.22. The van der Waals surface area contributed by atoms with Gasteiger partial charge in [0, 0.05) is 18.4 Å². The Morgan fingerprint density at radius 3 is 2.71 bits per heavy atom. The molecule has 112 valence electrons. The molecule has 1 fully saturated rings. The highest BCUT2D eigenvalue weighted by Gasteiger charge is 2.19. The molecule has 1 aliphatic carbocycles. The maximum absolute atomic E-state index is 14.1. The highest BCUT2D eigenvalue weighted by Crippen LogP contribution is 2.32. The number of halogens is 2. The van der Waals surface area contributed by atoms with E-state index in [9.17, 15) is 8.78 Å². The van der Waals surface area contributed by atoms with Gasteiger partial charge in [-0.3, -0.25) is 0 Å². The summed E-state index contributed by atoms with van der Waals surface area (Å²) in [6.45, 7) is 1.62. The molecule has 0 bridgehead atoms. The van der Waals surface area contributed by atoms with E-state index in [1.54, 1.807) is 13.1 Å². The van der Waals surface area contributed by atoms with Crippen LogP contribution in [-0.4, -0.2) is 9.55 Å². The molecular formula is C16H19F2N3. The second-order valence-electron chi connectivity index (χ2n) is 5.63. The summed E-state index contributed by atoms with van der Waals surface area (Å²) in [6.07, 6.45) is 9.36. The number of aromatic nitrogens is 2. The summed E-state index contributed by atoms with van der Waals surface area (Å²) < 4.78 is 29.9. The average Bonchev–Trinajstić information content (AvgIpc) is 2.97. The van der Waals surface area contributed by atoms with Crippen LogP contribution in [0.5, 0.6) is 0 Å². The van der Waals surface area contributed by atoms with Crippen LogP contribution in [0.25, 0.3) is 0 Å². The van der Waals surface area contributed by atoms with Crippen LogP contribution in [0.3, 0.4) is 0 Å². The van der Waals surface area contributed by atoms with Crippen molar-refractivity contribution in [1.29, 1.82) is 0 Å². The highest BCUT2D eigenvalue weighted by atomic mass is 19.1. The lowest BCUT2D eigenvalue weighted by Gasteiger charge is -2.25. The fourth-order valence-corrected chi connectivity index (χ4v) is 2.95. The smallest absolute Gasteiger partial charge is 0.207 e. The zero-order valence-electron chi connectivity index (χ0n) is 12.1. The van der Waals surface area contributed by atoms with Crippen molar-refractivity contribution in [2.45, 2.75) is 45.1 Å². The predicted molar refractivity (Wildman–Crippen MR) is 78.7 cm³/mol. The van der Waals surface area contributed by atoms with Crippen LogP contribution >= 0.6 is 0 Å². The number of imidazole rings is 1. The molecule has 1 aliphatic rings. The molecule has 21 heavy (non-hydrogen) atoms. The maximum Gasteiger partial charge on any atom is 0.207 e. The second-order valence-corrected chi connectivity index (χ2v) is 5.63. The number of rotatable bonds is 3. The molecule has 0 unspecified atom stereocenters. The van der Waals surface area contributed by atoms with E-state index in [0.717, 1.165) is 12.8 Å². The minimum Gasteiger partial charge on any atom is -0.321 e. The third-order valence-corrected chi connectivity index (χ3v) is 4.16. The first kappa shape index (κ1) is 14.0. The molecule has 1 saturated carbocycles. The van der Waals surface area contributed by atoms with Crippen molar-refractivity contribution in [3.63, 3.8) is 0 Å². The van der Waals surface area contributed by atoms with E-state index < -0.39 is 11.6 Å². The van der Waals surface area contributed by atoms with Crippen molar-refractivity contribution in [3.8, 4) is 0 Å². The molecule has 3 nitrogen and oxygen atoms in total. The molecule has 0 aliphatic heterocycles. The standard InChI is InChI=1S/C16H19F2N3/c1-11-7-8-13(17)15(14(11)18)20-16-19-9-10-21(16)12-5-3-2-4-6-12/h7-10,12H,2-6H2,1H3,(H,19,20). The largest absolute Gasteiger partial charge is 0.321 e. The van der Waals surface area contributed by atoms with Crippen LogP contribution in [0.4, 0.5) is 20.4 Å². The van der Waals surface area contributed by atoms with Gasteiger partial charge in [-0.25, -0.2) is 13.8 Å². The van der Waals surface area contributed by atoms with Gasteiger partial charge in [-0.2, -0.15) is 0 Å². The Kier molecular flexibility index (Phi) is 3.90. The summed E-state index contributed by atoms with van der Waals surface area (Å²) in [5.41, 5.74) is 0.285. The van der Waals surface area contributed by atoms with Gasteiger partial charge >= 0.3 is 0 Å². The Morgan fingerprint density at radius 2 is 1.95 bits per heavy atom. The predicted octanol–water partition coefficient (Wildman–Crippen LogP) is 4.72. The van der Waals surface area contributed by atoms with Crippen LogP contribution in [0.1, 0.15) is 43.7 Å². The molecule has 0 radical (unpaired) electrons. The van der Waals surface area contributed by atoms with Gasteiger partial charge in [-0.05, 0) is 31.4 Å². The lowest BCUT2D eigenvalue weighted by Crippen LogP contribution is -2.15. The summed E-state index contributed by atoms with van der Waals surface area (Å²) in [5, 5.41) is 2.83. The molecule has 1 heterocycles. The Bertz CT molecular complexity index is 630. The van der Waals surface area contributed by atoms with Crippen molar-refractivity contribution < 1.29 is 8.78 Å². The summed E-state index contributed by atoms with van der Waals surface area (Å²) >= 11 is 0. The van der Waals surface area contributed by atoms with Gasteiger partial charge in [0.15, 0.2) is 5.82 Å². The summed E-state index contributed by atoms with van der Waals surface area (Å²) in [6, 6.07) is 3.07. The van der Waals surface area contributed by atoms with Gasteiger partial charge in [-0.1, -0.05) is 25.3 Å². The van der Waals surface area contributed by atoms with Crippen molar-refractivity contribution in [1.82, 2.24) is 9.55 Å². The van der Waals surface area contributed by atoms with Crippen molar-refractivity contribution >= 4 is 11.6 Å². The van der Waals surface area contributed by atoms with Gasteiger partial charge in [-0.15, -0.1) is 0 Å². The highest BCUT2D eigenvalue weighted by molar-refractivity contribution is 5.57. The topological polar surface area (TPSA) is 29.9 Å². The Hall–Kier alpha value is -1.91. The molecule has 1 N–H and O–H groups in total. The van der Waals surface area contributed by atoms with E-state index in [1.165, 1.54) is 31.4 Å². The average molecular weight is 291 g/mol. The van der Waals surface area contributed by atoms with E-state index in [2.05, 4.69) is 10.3 Å². The number of anilines is 2.